The number of hydrogen-bond donors (Lipinski definition) is 3. The molecule has 0 aliphatic heterocycles. The summed E-state index contributed by atoms with van der Waals surface area (Å²) in [5, 5.41) is 9.10. The summed E-state index contributed by atoms with van der Waals surface area (Å²) in [6, 6.07) is 8.92. The van der Waals surface area contributed by atoms with E-state index in [2.05, 4.69) is 16.0 Å². The molecule has 8 nitrogen and oxygen atoms in total. The van der Waals surface area contributed by atoms with E-state index in [1.807, 2.05) is 0 Å². The molecule has 0 fully saturated rings. The molecule has 4 amide bonds. The van der Waals surface area contributed by atoms with Crippen LogP contribution in [-0.2, 0) is 9.53 Å². The summed E-state index contributed by atoms with van der Waals surface area (Å²) in [6.45, 7) is 4.69. The highest BCUT2D eigenvalue weighted by Crippen LogP contribution is 2.15. The van der Waals surface area contributed by atoms with Crippen molar-refractivity contribution >= 4 is 40.8 Å². The number of anilines is 1. The van der Waals surface area contributed by atoms with Gasteiger partial charge in [-0.1, -0.05) is 12.1 Å². The van der Waals surface area contributed by atoms with E-state index in [1.165, 1.54) is 23.5 Å². The Hall–Kier alpha value is -3.20. The smallest absolute Gasteiger partial charge is 0.338 e. The van der Waals surface area contributed by atoms with Gasteiger partial charge in [-0.15, -0.1) is 11.3 Å². The second kappa shape index (κ2) is 9.14. The number of amides is 4. The number of carbonyl (C=O) groups excluding carboxylic acids is 4. The summed E-state index contributed by atoms with van der Waals surface area (Å²) in [7, 11) is 0. The lowest BCUT2D eigenvalue weighted by Crippen LogP contribution is -2.49. The lowest BCUT2D eigenvalue weighted by molar-refractivity contribution is -0.123. The second-order valence-electron chi connectivity index (χ2n) is 6.84. The Kier molecular flexibility index (Phi) is 6.89. The van der Waals surface area contributed by atoms with Crippen molar-refractivity contribution in [3.05, 3.63) is 52.2 Å². The first-order valence-corrected chi connectivity index (χ1v) is 9.26. The molecule has 0 aliphatic rings. The van der Waals surface area contributed by atoms with E-state index in [9.17, 15) is 19.2 Å². The van der Waals surface area contributed by atoms with Gasteiger partial charge in [0, 0.05) is 11.2 Å². The number of rotatable bonds is 5. The molecule has 0 spiro atoms. The van der Waals surface area contributed by atoms with E-state index < -0.39 is 30.1 Å². The van der Waals surface area contributed by atoms with Crippen LogP contribution in [0.4, 0.5) is 10.5 Å². The van der Waals surface area contributed by atoms with E-state index in [4.69, 9.17) is 4.74 Å². The number of thiophene rings is 1. The molecular formula is C19H21N3O5S. The molecule has 1 heterocycles. The minimum atomic E-state index is -0.753. The van der Waals surface area contributed by atoms with Crippen LogP contribution >= 0.6 is 11.3 Å². The zero-order valence-corrected chi connectivity index (χ0v) is 16.5. The number of urea groups is 1. The number of carbonyl (C=O) groups is 4. The highest BCUT2D eigenvalue weighted by molar-refractivity contribution is 7.12. The van der Waals surface area contributed by atoms with Crippen molar-refractivity contribution in [2.45, 2.75) is 26.3 Å². The summed E-state index contributed by atoms with van der Waals surface area (Å²) < 4.78 is 4.91. The van der Waals surface area contributed by atoms with E-state index in [1.54, 1.807) is 50.4 Å². The van der Waals surface area contributed by atoms with Crippen molar-refractivity contribution in [3.63, 3.8) is 0 Å². The molecule has 2 rings (SSSR count). The Labute approximate surface area is 166 Å². The molecule has 148 valence electrons. The van der Waals surface area contributed by atoms with E-state index in [-0.39, 0.29) is 11.5 Å². The van der Waals surface area contributed by atoms with Crippen molar-refractivity contribution in [1.82, 2.24) is 10.6 Å². The van der Waals surface area contributed by atoms with Crippen LogP contribution in [0.15, 0.2) is 41.8 Å². The largest absolute Gasteiger partial charge is 0.452 e. The highest BCUT2D eigenvalue weighted by atomic mass is 32.1. The molecule has 3 N–H and O–H groups in total. The fourth-order valence-corrected chi connectivity index (χ4v) is 2.69. The molecule has 1 aromatic heterocycles. The molecule has 0 bridgehead atoms. The molecule has 0 saturated heterocycles. The average molecular weight is 403 g/mol. The quantitative estimate of drug-likeness (QED) is 0.665. The molecule has 0 unspecified atom stereocenters. The lowest BCUT2D eigenvalue weighted by Gasteiger charge is -2.20. The van der Waals surface area contributed by atoms with Crippen molar-refractivity contribution in [3.8, 4) is 0 Å². The van der Waals surface area contributed by atoms with Gasteiger partial charge < -0.3 is 15.4 Å². The van der Waals surface area contributed by atoms with Crippen LogP contribution in [0.3, 0.4) is 0 Å². The fourth-order valence-electron chi connectivity index (χ4n) is 2.07. The number of ether oxygens (including phenoxy) is 1. The second-order valence-corrected chi connectivity index (χ2v) is 7.79. The van der Waals surface area contributed by atoms with Gasteiger partial charge in [0.2, 0.25) is 0 Å². The maximum absolute atomic E-state index is 12.1. The van der Waals surface area contributed by atoms with Gasteiger partial charge in [0.1, 0.15) is 0 Å². The normalized spacial score (nSPS) is 10.7. The first kappa shape index (κ1) is 21.1. The van der Waals surface area contributed by atoms with E-state index in [0.29, 0.717) is 10.6 Å². The first-order valence-electron chi connectivity index (χ1n) is 8.38. The van der Waals surface area contributed by atoms with Crippen molar-refractivity contribution in [2.75, 3.05) is 11.9 Å². The van der Waals surface area contributed by atoms with Gasteiger partial charge in [0.05, 0.1) is 10.4 Å². The third-order valence-electron chi connectivity index (χ3n) is 3.18. The van der Waals surface area contributed by atoms with Crippen LogP contribution in [0.25, 0.3) is 0 Å². The Morgan fingerprint density at radius 1 is 1.07 bits per heavy atom. The summed E-state index contributed by atoms with van der Waals surface area (Å²) in [5.74, 6) is -1.79. The topological polar surface area (TPSA) is 114 Å². The van der Waals surface area contributed by atoms with Crippen LogP contribution in [0, 0.1) is 0 Å². The number of imide groups is 1. The van der Waals surface area contributed by atoms with Crippen LogP contribution in [0.5, 0.6) is 0 Å². The molecule has 0 radical (unpaired) electrons. The van der Waals surface area contributed by atoms with E-state index in [0.717, 1.165) is 0 Å². The fraction of sp³-hybridized carbons (Fsp3) is 0.263. The Balaban J connectivity index is 1.88. The van der Waals surface area contributed by atoms with Crippen LogP contribution in [0.2, 0.25) is 0 Å². The Morgan fingerprint density at radius 2 is 1.82 bits per heavy atom. The highest BCUT2D eigenvalue weighted by Gasteiger charge is 2.17. The minimum absolute atomic E-state index is 0.163. The maximum atomic E-state index is 12.1. The predicted octanol–water partition coefficient (Wildman–Crippen LogP) is 2.78. The minimum Gasteiger partial charge on any atom is -0.452 e. The number of nitrogens with one attached hydrogen (secondary N) is 3. The number of hydrogen-bond acceptors (Lipinski definition) is 6. The Morgan fingerprint density at radius 3 is 2.46 bits per heavy atom. The first-order chi connectivity index (χ1) is 13.1. The third kappa shape index (κ3) is 6.84. The maximum Gasteiger partial charge on any atom is 0.338 e. The van der Waals surface area contributed by atoms with Gasteiger partial charge in [0.25, 0.3) is 11.8 Å². The summed E-state index contributed by atoms with van der Waals surface area (Å²) in [6.07, 6.45) is 0. The molecular weight excluding hydrogens is 382 g/mol. The van der Waals surface area contributed by atoms with Gasteiger partial charge in [-0.05, 0) is 50.4 Å². The van der Waals surface area contributed by atoms with Gasteiger partial charge in [-0.3, -0.25) is 14.9 Å². The SMILES string of the molecule is CC(C)(C)NC(=O)NC(=O)COC(=O)c1cccc(NC(=O)c2cccs2)c1. The lowest BCUT2D eigenvalue weighted by atomic mass is 10.1. The molecule has 9 heteroatoms. The third-order valence-corrected chi connectivity index (χ3v) is 4.05. The van der Waals surface area contributed by atoms with Crippen molar-refractivity contribution in [2.24, 2.45) is 0 Å². The summed E-state index contributed by atoms with van der Waals surface area (Å²) in [4.78, 5) is 48.0. The predicted molar refractivity (Wildman–Crippen MR) is 105 cm³/mol. The van der Waals surface area contributed by atoms with Gasteiger partial charge in [-0.25, -0.2) is 9.59 Å². The molecule has 0 aliphatic carbocycles. The monoisotopic (exact) mass is 403 g/mol. The number of benzene rings is 1. The summed E-state index contributed by atoms with van der Waals surface area (Å²) in [5.41, 5.74) is 0.0763. The van der Waals surface area contributed by atoms with Crippen LogP contribution < -0.4 is 16.0 Å². The zero-order chi connectivity index (χ0) is 20.7. The standard InChI is InChI=1S/C19H21N3O5S/c1-19(2,3)22-18(26)21-15(23)11-27-17(25)12-6-4-7-13(10-12)20-16(24)14-8-5-9-28-14/h4-10H,11H2,1-3H3,(H,20,24)(H2,21,22,23,26). The van der Waals surface area contributed by atoms with Crippen molar-refractivity contribution in [1.29, 1.82) is 0 Å². The molecule has 2 aromatic rings. The Bertz CT molecular complexity index is 872. The number of esters is 1. The molecule has 1 aromatic carbocycles. The molecule has 0 atom stereocenters. The van der Waals surface area contributed by atoms with Crippen molar-refractivity contribution < 1.29 is 23.9 Å². The van der Waals surface area contributed by atoms with Crippen LogP contribution in [-0.4, -0.2) is 36.0 Å². The van der Waals surface area contributed by atoms with Gasteiger partial charge in [-0.2, -0.15) is 0 Å². The van der Waals surface area contributed by atoms with Crippen LogP contribution in [0.1, 0.15) is 40.8 Å². The molecule has 28 heavy (non-hydrogen) atoms. The van der Waals surface area contributed by atoms with Gasteiger partial charge in [0.15, 0.2) is 6.61 Å². The average Bonchev–Trinajstić information content (AvgIpc) is 3.13. The van der Waals surface area contributed by atoms with E-state index >= 15 is 0 Å². The zero-order valence-electron chi connectivity index (χ0n) is 15.7. The summed E-state index contributed by atoms with van der Waals surface area (Å²) >= 11 is 1.30. The van der Waals surface area contributed by atoms with Gasteiger partial charge >= 0.3 is 12.0 Å². The molecule has 0 saturated carbocycles.